The van der Waals surface area contributed by atoms with Crippen molar-refractivity contribution in [2.75, 3.05) is 0 Å². The molecule has 0 radical (unpaired) electrons. The summed E-state index contributed by atoms with van der Waals surface area (Å²) in [4.78, 5) is 17.6. The number of rotatable bonds is 5. The van der Waals surface area contributed by atoms with Crippen molar-refractivity contribution in [2.45, 2.75) is 26.4 Å². The van der Waals surface area contributed by atoms with Crippen LogP contribution in [-0.2, 0) is 6.54 Å². The Bertz CT molecular complexity index is 1180. The number of benzene rings is 3. The molecule has 4 aromatic rings. The van der Waals surface area contributed by atoms with Crippen LogP contribution in [0, 0.1) is 6.92 Å². The number of carbonyl (C=O) groups is 1. The summed E-state index contributed by atoms with van der Waals surface area (Å²) in [6.45, 7) is 4.52. The van der Waals surface area contributed by atoms with Crippen LogP contribution in [0.5, 0.6) is 0 Å². The summed E-state index contributed by atoms with van der Waals surface area (Å²) < 4.78 is 2.12. The summed E-state index contributed by atoms with van der Waals surface area (Å²) in [5.74, 6) is 0.685. The molecule has 4 nitrogen and oxygen atoms in total. The van der Waals surface area contributed by atoms with E-state index in [9.17, 15) is 4.79 Å². The molecule has 4 rings (SSSR count). The smallest absolute Gasteiger partial charge is 0.251 e. The first-order chi connectivity index (χ1) is 14.0. The predicted octanol–water partition coefficient (Wildman–Crippen LogP) is 5.54. The van der Waals surface area contributed by atoms with Gasteiger partial charge in [0.05, 0.1) is 23.6 Å². The molecular formula is C24H22ClN3O. The average Bonchev–Trinajstić information content (AvgIpc) is 3.08. The predicted molar refractivity (Wildman–Crippen MR) is 117 cm³/mol. The highest BCUT2D eigenvalue weighted by atomic mass is 35.5. The number of aryl methyl sites for hydroxylation is 1. The molecule has 0 bridgehead atoms. The van der Waals surface area contributed by atoms with Crippen molar-refractivity contribution in [3.8, 4) is 0 Å². The van der Waals surface area contributed by atoms with Crippen LogP contribution in [0.4, 0.5) is 0 Å². The lowest BCUT2D eigenvalue weighted by atomic mass is 10.1. The molecule has 1 amide bonds. The summed E-state index contributed by atoms with van der Waals surface area (Å²) in [6.07, 6.45) is 0. The Labute approximate surface area is 175 Å². The van der Waals surface area contributed by atoms with Crippen LogP contribution >= 0.6 is 11.6 Å². The summed E-state index contributed by atoms with van der Waals surface area (Å²) in [5.41, 5.74) is 4.61. The fourth-order valence-corrected chi connectivity index (χ4v) is 3.71. The van der Waals surface area contributed by atoms with Crippen LogP contribution in [0.25, 0.3) is 11.0 Å². The molecule has 0 saturated carbocycles. The summed E-state index contributed by atoms with van der Waals surface area (Å²) >= 11 is 6.40. The van der Waals surface area contributed by atoms with Crippen LogP contribution < -0.4 is 5.32 Å². The van der Waals surface area contributed by atoms with Crippen molar-refractivity contribution < 1.29 is 4.79 Å². The second-order valence-electron chi connectivity index (χ2n) is 7.20. The van der Waals surface area contributed by atoms with Gasteiger partial charge in [-0.25, -0.2) is 4.98 Å². The van der Waals surface area contributed by atoms with Gasteiger partial charge in [0, 0.05) is 10.6 Å². The van der Waals surface area contributed by atoms with Crippen LogP contribution in [0.15, 0.2) is 72.8 Å². The first-order valence-electron chi connectivity index (χ1n) is 9.59. The van der Waals surface area contributed by atoms with Crippen molar-refractivity contribution in [1.82, 2.24) is 14.9 Å². The van der Waals surface area contributed by atoms with E-state index in [0.717, 1.165) is 28.0 Å². The van der Waals surface area contributed by atoms with Gasteiger partial charge in [-0.2, -0.15) is 0 Å². The van der Waals surface area contributed by atoms with E-state index in [4.69, 9.17) is 16.6 Å². The molecule has 0 saturated heterocycles. The number of halogens is 1. The van der Waals surface area contributed by atoms with Gasteiger partial charge in [0.2, 0.25) is 0 Å². The van der Waals surface area contributed by atoms with Gasteiger partial charge in [-0.3, -0.25) is 4.79 Å². The molecule has 29 heavy (non-hydrogen) atoms. The molecule has 0 aliphatic heterocycles. The second-order valence-corrected chi connectivity index (χ2v) is 7.61. The third-order valence-electron chi connectivity index (χ3n) is 4.99. The van der Waals surface area contributed by atoms with E-state index < -0.39 is 0 Å². The average molecular weight is 404 g/mol. The number of amides is 1. The Balaban J connectivity index is 1.69. The Morgan fingerprint density at radius 1 is 1.07 bits per heavy atom. The van der Waals surface area contributed by atoms with Crippen LogP contribution in [0.2, 0.25) is 5.02 Å². The van der Waals surface area contributed by atoms with Gasteiger partial charge in [-0.1, -0.05) is 59.6 Å². The number of para-hydroxylation sites is 2. The molecule has 146 valence electrons. The highest BCUT2D eigenvalue weighted by Gasteiger charge is 2.19. The molecular weight excluding hydrogens is 382 g/mol. The van der Waals surface area contributed by atoms with E-state index in [0.29, 0.717) is 17.1 Å². The minimum absolute atomic E-state index is 0.113. The number of hydrogen-bond acceptors (Lipinski definition) is 2. The molecule has 1 heterocycles. The van der Waals surface area contributed by atoms with Crippen LogP contribution in [-0.4, -0.2) is 15.5 Å². The number of carbonyl (C=O) groups excluding carboxylic acids is 1. The number of aromatic nitrogens is 2. The molecule has 0 aliphatic rings. The third kappa shape index (κ3) is 4.03. The van der Waals surface area contributed by atoms with E-state index >= 15 is 0 Å². The van der Waals surface area contributed by atoms with Gasteiger partial charge in [0.25, 0.3) is 5.91 Å². The van der Waals surface area contributed by atoms with Gasteiger partial charge in [0.15, 0.2) is 0 Å². The maximum absolute atomic E-state index is 12.8. The molecule has 5 heteroatoms. The van der Waals surface area contributed by atoms with Crippen molar-refractivity contribution in [1.29, 1.82) is 0 Å². The van der Waals surface area contributed by atoms with Crippen LogP contribution in [0.3, 0.4) is 0 Å². The second kappa shape index (κ2) is 8.10. The quantitative estimate of drug-likeness (QED) is 0.475. The van der Waals surface area contributed by atoms with Crippen molar-refractivity contribution in [3.63, 3.8) is 0 Å². The highest BCUT2D eigenvalue weighted by Crippen LogP contribution is 2.25. The SMILES string of the molecule is Cc1cccc(C(=O)N[C@H](C)c2nc3ccccc3n2Cc2ccccc2Cl)c1. The van der Waals surface area contributed by atoms with Gasteiger partial charge in [-0.05, 0) is 49.7 Å². The summed E-state index contributed by atoms with van der Waals surface area (Å²) in [7, 11) is 0. The molecule has 1 N–H and O–H groups in total. The first-order valence-corrected chi connectivity index (χ1v) is 9.97. The number of fused-ring (bicyclic) bond motifs is 1. The lowest BCUT2D eigenvalue weighted by Crippen LogP contribution is -2.29. The fourth-order valence-electron chi connectivity index (χ4n) is 3.52. The topological polar surface area (TPSA) is 46.9 Å². The molecule has 3 aromatic carbocycles. The summed E-state index contributed by atoms with van der Waals surface area (Å²) in [6, 6.07) is 23.1. The monoisotopic (exact) mass is 403 g/mol. The lowest BCUT2D eigenvalue weighted by Gasteiger charge is -2.17. The normalized spacial score (nSPS) is 12.1. The van der Waals surface area contributed by atoms with Crippen LogP contribution in [0.1, 0.15) is 40.3 Å². The Morgan fingerprint density at radius 2 is 1.83 bits per heavy atom. The maximum atomic E-state index is 12.8. The van der Waals surface area contributed by atoms with Gasteiger partial charge in [-0.15, -0.1) is 0 Å². The summed E-state index contributed by atoms with van der Waals surface area (Å²) in [5, 5.41) is 3.80. The zero-order chi connectivity index (χ0) is 20.4. The minimum atomic E-state index is -0.266. The van der Waals surface area contributed by atoms with E-state index in [1.54, 1.807) is 0 Å². The van der Waals surface area contributed by atoms with Crippen molar-refractivity contribution in [2.24, 2.45) is 0 Å². The Hall–Kier alpha value is -3.11. The number of imidazole rings is 1. The maximum Gasteiger partial charge on any atom is 0.251 e. The molecule has 0 fully saturated rings. The number of nitrogens with one attached hydrogen (secondary N) is 1. The van der Waals surface area contributed by atoms with Crippen molar-refractivity contribution in [3.05, 3.63) is 100 Å². The minimum Gasteiger partial charge on any atom is -0.342 e. The molecule has 1 atom stereocenters. The van der Waals surface area contributed by atoms with E-state index in [1.807, 2.05) is 86.6 Å². The molecule has 0 unspecified atom stereocenters. The first kappa shape index (κ1) is 19.2. The van der Waals surface area contributed by atoms with E-state index in [2.05, 4.69) is 9.88 Å². The standard InChI is InChI=1S/C24H22ClN3O/c1-16-8-7-10-18(14-16)24(29)26-17(2)23-27-21-12-5-6-13-22(21)28(23)15-19-9-3-4-11-20(19)25/h3-14,17H,15H2,1-2H3,(H,26,29)/t17-/m1/s1. The third-order valence-corrected chi connectivity index (χ3v) is 5.35. The molecule has 0 aliphatic carbocycles. The van der Waals surface area contributed by atoms with Gasteiger partial charge < -0.3 is 9.88 Å². The molecule has 0 spiro atoms. The zero-order valence-electron chi connectivity index (χ0n) is 16.4. The lowest BCUT2D eigenvalue weighted by molar-refractivity contribution is 0.0937. The van der Waals surface area contributed by atoms with Gasteiger partial charge >= 0.3 is 0 Å². The van der Waals surface area contributed by atoms with E-state index in [-0.39, 0.29) is 11.9 Å². The molecule has 1 aromatic heterocycles. The highest BCUT2D eigenvalue weighted by molar-refractivity contribution is 6.31. The van der Waals surface area contributed by atoms with Crippen molar-refractivity contribution >= 4 is 28.5 Å². The van der Waals surface area contributed by atoms with E-state index in [1.165, 1.54) is 0 Å². The van der Waals surface area contributed by atoms with Gasteiger partial charge in [0.1, 0.15) is 5.82 Å². The Morgan fingerprint density at radius 3 is 2.62 bits per heavy atom. The number of nitrogens with zero attached hydrogens (tertiary/aromatic N) is 2. The fraction of sp³-hybridized carbons (Fsp3) is 0.167. The number of hydrogen-bond donors (Lipinski definition) is 1. The largest absolute Gasteiger partial charge is 0.342 e. The Kier molecular flexibility index (Phi) is 5.36. The zero-order valence-corrected chi connectivity index (χ0v) is 17.1.